The van der Waals surface area contributed by atoms with E-state index >= 15 is 0 Å². The van der Waals surface area contributed by atoms with Crippen LogP contribution in [0.5, 0.6) is 0 Å². The van der Waals surface area contributed by atoms with E-state index in [1.807, 2.05) is 26.0 Å². The van der Waals surface area contributed by atoms with Gasteiger partial charge >= 0.3 is 0 Å². The average Bonchev–Trinajstić information content (AvgIpc) is 3.13. The van der Waals surface area contributed by atoms with Crippen molar-refractivity contribution in [3.8, 4) is 0 Å². The van der Waals surface area contributed by atoms with E-state index in [-0.39, 0.29) is 16.9 Å². The summed E-state index contributed by atoms with van der Waals surface area (Å²) in [5.41, 5.74) is 2.15. The number of amidine groups is 1. The van der Waals surface area contributed by atoms with Crippen LogP contribution in [-0.2, 0) is 9.53 Å². The third-order valence-electron chi connectivity index (χ3n) is 6.51. The molecular weight excluding hydrogens is 452 g/mol. The highest BCUT2D eigenvalue weighted by molar-refractivity contribution is 6.33. The van der Waals surface area contributed by atoms with Crippen LogP contribution >= 0.6 is 11.6 Å². The molecule has 0 spiro atoms. The fourth-order valence-corrected chi connectivity index (χ4v) is 4.87. The number of carbonyl (C=O) groups is 1. The molecule has 34 heavy (non-hydrogen) atoms. The number of aromatic nitrogens is 2. The van der Waals surface area contributed by atoms with Crippen LogP contribution in [0.15, 0.2) is 35.6 Å². The van der Waals surface area contributed by atoms with Gasteiger partial charge in [0.1, 0.15) is 11.9 Å². The summed E-state index contributed by atoms with van der Waals surface area (Å²) in [5, 5.41) is 9.07. The van der Waals surface area contributed by atoms with Gasteiger partial charge in [0.15, 0.2) is 0 Å². The Morgan fingerprint density at radius 3 is 2.88 bits per heavy atom. The van der Waals surface area contributed by atoms with Crippen LogP contribution in [-0.4, -0.2) is 71.0 Å². The lowest BCUT2D eigenvalue weighted by molar-refractivity contribution is -0.141. The second kappa shape index (κ2) is 8.52. The zero-order valence-corrected chi connectivity index (χ0v) is 20.8. The van der Waals surface area contributed by atoms with E-state index in [4.69, 9.17) is 21.3 Å². The lowest BCUT2D eigenvalue weighted by atomic mass is 9.92. The summed E-state index contributed by atoms with van der Waals surface area (Å²) >= 11 is 6.43. The maximum atomic E-state index is 13.5. The first-order valence-corrected chi connectivity index (χ1v) is 12.0. The molecule has 5 rings (SSSR count). The predicted octanol–water partition coefficient (Wildman–Crippen LogP) is 3.82. The third kappa shape index (κ3) is 4.62. The first kappa shape index (κ1) is 23.1. The zero-order valence-electron chi connectivity index (χ0n) is 20.0. The predicted molar refractivity (Wildman–Crippen MR) is 137 cm³/mol. The molecule has 1 atom stereocenters. The van der Waals surface area contributed by atoms with E-state index < -0.39 is 6.04 Å². The normalized spacial score (nSPS) is 22.4. The number of ether oxygens (including phenoxy) is 1. The molecule has 1 fully saturated rings. The Morgan fingerprint density at radius 2 is 2.12 bits per heavy atom. The smallest absolute Gasteiger partial charge is 0.244 e. The highest BCUT2D eigenvalue weighted by atomic mass is 35.5. The molecule has 0 bridgehead atoms. The van der Waals surface area contributed by atoms with Crippen molar-refractivity contribution in [2.75, 3.05) is 38.1 Å². The Kier molecular flexibility index (Phi) is 5.78. The van der Waals surface area contributed by atoms with Crippen molar-refractivity contribution in [3.05, 3.63) is 35.6 Å². The van der Waals surface area contributed by atoms with E-state index in [0.717, 1.165) is 40.7 Å². The van der Waals surface area contributed by atoms with Crippen LogP contribution in [0, 0.1) is 5.41 Å². The number of hydrogen-bond acceptors (Lipinski definition) is 6. The molecule has 1 saturated heterocycles. The summed E-state index contributed by atoms with van der Waals surface area (Å²) in [6.45, 7) is 11.6. The quantitative estimate of drug-likeness (QED) is 0.525. The molecule has 2 aromatic heterocycles. The summed E-state index contributed by atoms with van der Waals surface area (Å²) in [7, 11) is 0. The van der Waals surface area contributed by atoms with Crippen LogP contribution < -0.4 is 10.6 Å². The van der Waals surface area contributed by atoms with Gasteiger partial charge in [0, 0.05) is 47.0 Å². The fourth-order valence-electron chi connectivity index (χ4n) is 4.66. The molecule has 3 N–H and O–H groups in total. The maximum absolute atomic E-state index is 13.5. The number of H-pyrrole nitrogens is 1. The minimum atomic E-state index is -0.451. The summed E-state index contributed by atoms with van der Waals surface area (Å²) in [5.74, 6) is 0.788. The first-order chi connectivity index (χ1) is 16.1. The molecule has 180 valence electrons. The highest BCUT2D eigenvalue weighted by Gasteiger charge is 2.39. The van der Waals surface area contributed by atoms with E-state index in [1.165, 1.54) is 0 Å². The Morgan fingerprint density at radius 1 is 1.29 bits per heavy atom. The lowest BCUT2D eigenvalue weighted by Gasteiger charge is -2.43. The molecule has 1 amide bonds. The molecule has 1 aromatic carbocycles. The van der Waals surface area contributed by atoms with Crippen LogP contribution in [0.3, 0.4) is 0 Å². The molecule has 0 unspecified atom stereocenters. The summed E-state index contributed by atoms with van der Waals surface area (Å²) in [6.07, 6.45) is 3.52. The third-order valence-corrected chi connectivity index (χ3v) is 6.73. The van der Waals surface area contributed by atoms with Gasteiger partial charge in [-0.05, 0) is 32.0 Å². The molecule has 2 aliphatic heterocycles. The number of nitrogens with one attached hydrogen (secondary N) is 3. The number of aliphatic imine (C=N–C) groups is 1. The van der Waals surface area contributed by atoms with E-state index in [2.05, 4.69) is 39.3 Å². The molecule has 9 heteroatoms. The molecule has 8 nitrogen and oxygen atoms in total. The molecule has 2 aliphatic rings. The van der Waals surface area contributed by atoms with Crippen molar-refractivity contribution >= 4 is 50.8 Å². The Bertz CT molecular complexity index is 1280. The largest absolute Gasteiger partial charge is 0.372 e. The zero-order chi connectivity index (χ0) is 24.1. The highest BCUT2D eigenvalue weighted by Crippen LogP contribution is 2.33. The lowest BCUT2D eigenvalue weighted by Crippen LogP contribution is -2.60. The Hall–Kier alpha value is -2.68. The van der Waals surface area contributed by atoms with E-state index in [9.17, 15) is 4.79 Å². The average molecular weight is 483 g/mol. The van der Waals surface area contributed by atoms with Crippen LogP contribution in [0.1, 0.15) is 27.7 Å². The number of hydrogen-bond donors (Lipinski definition) is 3. The first-order valence-electron chi connectivity index (χ1n) is 11.6. The van der Waals surface area contributed by atoms with Crippen molar-refractivity contribution < 1.29 is 9.53 Å². The van der Waals surface area contributed by atoms with Gasteiger partial charge in [-0.15, -0.1) is 0 Å². The van der Waals surface area contributed by atoms with Gasteiger partial charge in [-0.1, -0.05) is 25.4 Å². The summed E-state index contributed by atoms with van der Waals surface area (Å²) in [6, 6.07) is 5.16. The number of pyridine rings is 1. The van der Waals surface area contributed by atoms with E-state index in [0.29, 0.717) is 30.4 Å². The number of fused-ring (bicyclic) bond motifs is 3. The Balaban J connectivity index is 1.41. The number of morpholine rings is 1. The van der Waals surface area contributed by atoms with Gasteiger partial charge in [-0.25, -0.2) is 0 Å². The minimum absolute atomic E-state index is 0.132. The molecule has 3 aromatic rings. The summed E-state index contributed by atoms with van der Waals surface area (Å²) in [4.78, 5) is 28.0. The molecule has 0 radical (unpaired) electrons. The van der Waals surface area contributed by atoms with Crippen molar-refractivity contribution in [2.45, 2.75) is 39.3 Å². The number of halogens is 1. The molecule has 4 heterocycles. The van der Waals surface area contributed by atoms with Crippen molar-refractivity contribution in [2.24, 2.45) is 10.4 Å². The fraction of sp³-hybridized carbons (Fsp3) is 0.480. The summed E-state index contributed by atoms with van der Waals surface area (Å²) < 4.78 is 6.04. The van der Waals surface area contributed by atoms with Crippen molar-refractivity contribution in [3.63, 3.8) is 0 Å². The van der Waals surface area contributed by atoms with Crippen molar-refractivity contribution in [1.29, 1.82) is 0 Å². The van der Waals surface area contributed by atoms with Gasteiger partial charge in [0.05, 0.1) is 41.7 Å². The number of nitrogens with zero attached hydrogens (tertiary/aromatic N) is 3. The standard InChI is InChI=1S/C25H31ClN6O2/c1-24(2)12-28-21(29-13-24)10-32-14-25(3,4)34-11-20(32)23(33)31-18-8-15(26)7-17-16-5-6-27-9-19(16)30-22(17)18/h5-9,20,30H,10-14H2,1-4H3,(H,28,29)(H,31,33)/t20-/m0/s1. The van der Waals surface area contributed by atoms with Gasteiger partial charge in [-0.3, -0.25) is 19.7 Å². The van der Waals surface area contributed by atoms with Gasteiger partial charge in [-0.2, -0.15) is 0 Å². The SMILES string of the molecule is CC1(C)CN=C(CN2CC(C)(C)OC[C@H]2C(=O)Nc2cc(Cl)cc3c2[nH]c2cnccc23)NC1. The second-order valence-corrected chi connectivity index (χ2v) is 11.1. The minimum Gasteiger partial charge on any atom is -0.372 e. The topological polar surface area (TPSA) is 94.6 Å². The number of anilines is 1. The molecule has 0 saturated carbocycles. The molecular formula is C25H31ClN6O2. The Labute approximate surface area is 204 Å². The number of aromatic amines is 1. The van der Waals surface area contributed by atoms with Gasteiger partial charge < -0.3 is 20.4 Å². The molecule has 0 aliphatic carbocycles. The number of rotatable bonds is 4. The van der Waals surface area contributed by atoms with Crippen LogP contribution in [0.2, 0.25) is 5.02 Å². The maximum Gasteiger partial charge on any atom is 0.244 e. The van der Waals surface area contributed by atoms with Crippen molar-refractivity contribution in [1.82, 2.24) is 20.2 Å². The van der Waals surface area contributed by atoms with Crippen LogP contribution in [0.25, 0.3) is 21.8 Å². The number of carbonyl (C=O) groups excluding carboxylic acids is 1. The monoisotopic (exact) mass is 482 g/mol. The van der Waals surface area contributed by atoms with Crippen LogP contribution in [0.4, 0.5) is 5.69 Å². The van der Waals surface area contributed by atoms with E-state index in [1.54, 1.807) is 18.5 Å². The van der Waals surface area contributed by atoms with Gasteiger partial charge in [0.25, 0.3) is 0 Å². The number of amides is 1. The number of benzene rings is 1. The van der Waals surface area contributed by atoms with Gasteiger partial charge in [0.2, 0.25) is 5.91 Å². The second-order valence-electron chi connectivity index (χ2n) is 10.7.